The van der Waals surface area contributed by atoms with Gasteiger partial charge in [0.2, 0.25) is 0 Å². The van der Waals surface area contributed by atoms with E-state index in [1.165, 1.54) is 19.3 Å². The maximum atomic E-state index is 12.1. The van der Waals surface area contributed by atoms with Gasteiger partial charge in [0.1, 0.15) is 23.0 Å². The van der Waals surface area contributed by atoms with Gasteiger partial charge in [0.25, 0.3) is 11.8 Å². The summed E-state index contributed by atoms with van der Waals surface area (Å²) in [4.78, 5) is 24.1. The van der Waals surface area contributed by atoms with Crippen molar-refractivity contribution in [3.63, 3.8) is 0 Å². The molecule has 6 heteroatoms. The molecule has 0 unspecified atom stereocenters. The van der Waals surface area contributed by atoms with Crippen LogP contribution in [0.4, 0.5) is 5.69 Å². The molecule has 0 bridgehead atoms. The van der Waals surface area contributed by atoms with Gasteiger partial charge in [-0.25, -0.2) is 0 Å². The third-order valence-corrected chi connectivity index (χ3v) is 6.05. The van der Waals surface area contributed by atoms with Crippen LogP contribution in [0.2, 0.25) is 0 Å². The summed E-state index contributed by atoms with van der Waals surface area (Å²) in [5.74, 6) is 2.86. The van der Waals surface area contributed by atoms with Gasteiger partial charge >= 0.3 is 0 Å². The summed E-state index contributed by atoms with van der Waals surface area (Å²) in [6, 6.07) is 11.6. The highest BCUT2D eigenvalue weighted by Crippen LogP contribution is 2.22. The maximum Gasteiger partial charge on any atom is 0.259 e. The van der Waals surface area contributed by atoms with Crippen molar-refractivity contribution in [2.24, 2.45) is 0 Å². The van der Waals surface area contributed by atoms with E-state index in [2.05, 4.69) is 10.6 Å². The van der Waals surface area contributed by atoms with Crippen LogP contribution < -0.4 is 10.6 Å². The predicted octanol–water partition coefficient (Wildman–Crippen LogP) is 6.42. The number of benzene rings is 1. The van der Waals surface area contributed by atoms with E-state index in [1.54, 1.807) is 6.92 Å². The standard InChI is InChI=1S/C14H15NO2.C13H19NO2/c1-9-10(2)17-11(3)13(9)14(16)15-12-7-5-4-6-8-12;1-9-8-12(10(2)16-9)13(15)14-11-6-4-3-5-7-11/h4-8H,1-3H3,(H,15,16);8,11H,3-7H2,1-2H3,(H,14,15). The lowest BCUT2D eigenvalue weighted by Gasteiger charge is -2.22. The average molecular weight is 451 g/mol. The molecule has 2 amide bonds. The van der Waals surface area contributed by atoms with Gasteiger partial charge in [-0.3, -0.25) is 9.59 Å². The highest BCUT2D eigenvalue weighted by Gasteiger charge is 2.20. The first-order valence-electron chi connectivity index (χ1n) is 11.6. The fraction of sp³-hybridized carbons (Fsp3) is 0.407. The molecule has 0 atom stereocenters. The van der Waals surface area contributed by atoms with Crippen LogP contribution in [0.1, 0.15) is 81.4 Å². The van der Waals surface area contributed by atoms with Gasteiger partial charge in [0, 0.05) is 17.3 Å². The van der Waals surface area contributed by atoms with Crippen molar-refractivity contribution >= 4 is 17.5 Å². The molecule has 1 fully saturated rings. The number of anilines is 1. The number of aryl methyl sites for hydroxylation is 4. The van der Waals surface area contributed by atoms with Crippen LogP contribution in [0.5, 0.6) is 0 Å². The molecule has 0 radical (unpaired) electrons. The molecule has 0 spiro atoms. The average Bonchev–Trinajstić information content (AvgIpc) is 3.26. The Hall–Kier alpha value is -3.28. The fourth-order valence-electron chi connectivity index (χ4n) is 4.21. The van der Waals surface area contributed by atoms with Gasteiger partial charge in [-0.05, 0) is 65.7 Å². The molecule has 3 aromatic rings. The van der Waals surface area contributed by atoms with Crippen molar-refractivity contribution in [2.45, 2.75) is 72.8 Å². The third-order valence-electron chi connectivity index (χ3n) is 6.05. The number of furan rings is 2. The molecule has 1 aliphatic carbocycles. The second kappa shape index (κ2) is 11.0. The summed E-state index contributed by atoms with van der Waals surface area (Å²) in [7, 11) is 0. The van der Waals surface area contributed by atoms with Crippen molar-refractivity contribution in [2.75, 3.05) is 5.32 Å². The third kappa shape index (κ3) is 6.37. The summed E-state index contributed by atoms with van der Waals surface area (Å²) < 4.78 is 10.8. The molecule has 1 saturated carbocycles. The summed E-state index contributed by atoms with van der Waals surface area (Å²) in [5.41, 5.74) is 3.00. The molecule has 4 rings (SSSR count). The topological polar surface area (TPSA) is 84.5 Å². The first-order valence-corrected chi connectivity index (χ1v) is 11.6. The number of nitrogens with one attached hydrogen (secondary N) is 2. The van der Waals surface area contributed by atoms with Crippen molar-refractivity contribution in [1.29, 1.82) is 0 Å². The zero-order valence-corrected chi connectivity index (χ0v) is 20.2. The lowest BCUT2D eigenvalue weighted by Crippen LogP contribution is -2.36. The van der Waals surface area contributed by atoms with Gasteiger partial charge in [0.15, 0.2) is 0 Å². The van der Waals surface area contributed by atoms with Gasteiger partial charge in [-0.15, -0.1) is 0 Å². The van der Waals surface area contributed by atoms with Gasteiger partial charge in [-0.2, -0.15) is 0 Å². The van der Waals surface area contributed by atoms with Crippen molar-refractivity contribution < 1.29 is 18.4 Å². The van der Waals surface area contributed by atoms with E-state index in [9.17, 15) is 9.59 Å². The number of amides is 2. The number of carbonyl (C=O) groups is 2. The molecule has 176 valence electrons. The van der Waals surface area contributed by atoms with Crippen molar-refractivity contribution in [3.05, 3.63) is 76.1 Å². The largest absolute Gasteiger partial charge is 0.466 e. The Bertz CT molecular complexity index is 1090. The van der Waals surface area contributed by atoms with Gasteiger partial charge in [0.05, 0.1) is 11.1 Å². The Morgan fingerprint density at radius 1 is 0.818 bits per heavy atom. The molecule has 6 nitrogen and oxygen atoms in total. The number of carbonyl (C=O) groups excluding carboxylic acids is 2. The van der Waals surface area contributed by atoms with E-state index in [0.717, 1.165) is 35.6 Å². The molecule has 2 heterocycles. The summed E-state index contributed by atoms with van der Waals surface area (Å²) >= 11 is 0. The SMILES string of the molecule is Cc1cc(C(=O)NC2CCCCC2)c(C)o1.Cc1oc(C)c(C(=O)Nc2ccccc2)c1C. The van der Waals surface area contributed by atoms with Crippen LogP contribution in [0.25, 0.3) is 0 Å². The van der Waals surface area contributed by atoms with E-state index in [-0.39, 0.29) is 11.8 Å². The van der Waals surface area contributed by atoms with Crippen LogP contribution >= 0.6 is 0 Å². The normalized spacial score (nSPS) is 13.7. The van der Waals surface area contributed by atoms with Crippen LogP contribution in [0.3, 0.4) is 0 Å². The molecule has 0 saturated heterocycles. The monoisotopic (exact) mass is 450 g/mol. The molecule has 2 aromatic heterocycles. The molecule has 0 aliphatic heterocycles. The molecule has 1 aromatic carbocycles. The Balaban J connectivity index is 0.000000186. The van der Waals surface area contributed by atoms with Crippen molar-refractivity contribution in [3.8, 4) is 0 Å². The summed E-state index contributed by atoms with van der Waals surface area (Å²) in [6.07, 6.45) is 5.99. The van der Waals surface area contributed by atoms with E-state index in [4.69, 9.17) is 8.83 Å². The van der Waals surface area contributed by atoms with Crippen LogP contribution in [-0.4, -0.2) is 17.9 Å². The molecular formula is C27H34N2O4. The molecule has 1 aliphatic rings. The maximum absolute atomic E-state index is 12.1. The number of hydrogen-bond acceptors (Lipinski definition) is 4. The highest BCUT2D eigenvalue weighted by molar-refractivity contribution is 6.06. The number of para-hydroxylation sites is 1. The minimum absolute atomic E-state index is 0.0150. The minimum Gasteiger partial charge on any atom is -0.466 e. The lowest BCUT2D eigenvalue weighted by atomic mass is 9.95. The lowest BCUT2D eigenvalue weighted by molar-refractivity contribution is 0.0925. The predicted molar refractivity (Wildman–Crippen MR) is 130 cm³/mol. The van der Waals surface area contributed by atoms with Crippen LogP contribution in [0.15, 0.2) is 45.2 Å². The van der Waals surface area contributed by atoms with E-state index >= 15 is 0 Å². The second-order valence-corrected chi connectivity index (χ2v) is 8.67. The molecule has 2 N–H and O–H groups in total. The Morgan fingerprint density at radius 3 is 2.03 bits per heavy atom. The Morgan fingerprint density at radius 2 is 1.48 bits per heavy atom. The first kappa shape index (κ1) is 24.4. The Kier molecular flexibility index (Phi) is 8.15. The fourth-order valence-corrected chi connectivity index (χ4v) is 4.21. The zero-order valence-electron chi connectivity index (χ0n) is 20.2. The molecule has 33 heavy (non-hydrogen) atoms. The second-order valence-electron chi connectivity index (χ2n) is 8.67. The summed E-state index contributed by atoms with van der Waals surface area (Å²) in [5, 5.41) is 5.94. The zero-order chi connectivity index (χ0) is 24.0. The van der Waals surface area contributed by atoms with E-state index < -0.39 is 0 Å². The Labute approximate surface area is 195 Å². The minimum atomic E-state index is -0.122. The quantitative estimate of drug-likeness (QED) is 0.481. The van der Waals surface area contributed by atoms with E-state index in [1.807, 2.05) is 64.1 Å². The number of hydrogen-bond donors (Lipinski definition) is 2. The van der Waals surface area contributed by atoms with E-state index in [0.29, 0.717) is 28.7 Å². The smallest absolute Gasteiger partial charge is 0.259 e. The number of rotatable bonds is 4. The molecular weight excluding hydrogens is 416 g/mol. The van der Waals surface area contributed by atoms with Crippen LogP contribution in [-0.2, 0) is 0 Å². The van der Waals surface area contributed by atoms with Gasteiger partial charge < -0.3 is 19.5 Å². The van der Waals surface area contributed by atoms with Crippen LogP contribution in [0, 0.1) is 34.6 Å². The first-order chi connectivity index (χ1) is 15.8. The van der Waals surface area contributed by atoms with Crippen molar-refractivity contribution in [1.82, 2.24) is 5.32 Å². The van der Waals surface area contributed by atoms with Gasteiger partial charge in [-0.1, -0.05) is 37.5 Å². The summed E-state index contributed by atoms with van der Waals surface area (Å²) in [6.45, 7) is 9.26. The highest BCUT2D eigenvalue weighted by atomic mass is 16.3.